The van der Waals surface area contributed by atoms with E-state index in [2.05, 4.69) is 34.6 Å². The zero-order chi connectivity index (χ0) is 14.4. The Kier molecular flexibility index (Phi) is 7.13. The average molecular weight is 256 g/mol. The molecule has 0 aliphatic heterocycles. The summed E-state index contributed by atoms with van der Waals surface area (Å²) in [6.07, 6.45) is 3.93. The number of ketones is 1. The summed E-state index contributed by atoms with van der Waals surface area (Å²) in [6, 6.07) is 0. The van der Waals surface area contributed by atoms with Crippen LogP contribution in [0.2, 0.25) is 0 Å². The zero-order valence-electron chi connectivity index (χ0n) is 13.4. The Bertz CT molecular complexity index is 248. The first kappa shape index (κ1) is 17.6. The van der Waals surface area contributed by atoms with E-state index in [4.69, 9.17) is 4.74 Å². The summed E-state index contributed by atoms with van der Waals surface area (Å²) in [5, 5.41) is 0. The maximum atomic E-state index is 12.4. The Balaban J connectivity index is 4.38. The summed E-state index contributed by atoms with van der Waals surface area (Å²) >= 11 is 0. The van der Waals surface area contributed by atoms with E-state index >= 15 is 0 Å². The highest BCUT2D eigenvalue weighted by Crippen LogP contribution is 2.25. The van der Waals surface area contributed by atoms with Crippen LogP contribution in [0, 0.1) is 11.3 Å². The van der Waals surface area contributed by atoms with Crippen molar-refractivity contribution in [2.75, 3.05) is 6.61 Å². The number of hydrogen-bond donors (Lipinski definition) is 0. The SMILES string of the molecule is CCCC(CC)C(=O)C(C)(C)OCCC(C)(C)C. The monoisotopic (exact) mass is 256 g/mol. The third-order valence-electron chi connectivity index (χ3n) is 3.41. The van der Waals surface area contributed by atoms with Crippen molar-refractivity contribution >= 4 is 5.78 Å². The van der Waals surface area contributed by atoms with Crippen LogP contribution in [0.15, 0.2) is 0 Å². The van der Waals surface area contributed by atoms with Crippen LogP contribution in [0.3, 0.4) is 0 Å². The number of hydrogen-bond acceptors (Lipinski definition) is 2. The molecule has 0 saturated carbocycles. The number of rotatable bonds is 8. The molecule has 0 aromatic carbocycles. The molecule has 0 aromatic rings. The molecule has 1 unspecified atom stereocenters. The molecule has 108 valence electrons. The van der Waals surface area contributed by atoms with Gasteiger partial charge >= 0.3 is 0 Å². The second-order valence-electron chi connectivity index (χ2n) is 6.93. The molecular formula is C16H32O2. The second kappa shape index (κ2) is 7.28. The van der Waals surface area contributed by atoms with E-state index in [0.717, 1.165) is 25.7 Å². The maximum absolute atomic E-state index is 12.4. The summed E-state index contributed by atoms with van der Waals surface area (Å²) in [5.41, 5.74) is -0.381. The molecule has 2 nitrogen and oxygen atoms in total. The van der Waals surface area contributed by atoms with Gasteiger partial charge in [0.15, 0.2) is 5.78 Å². The molecule has 0 N–H and O–H groups in total. The summed E-state index contributed by atoms with van der Waals surface area (Å²) in [6.45, 7) is 15.3. The first-order chi connectivity index (χ1) is 8.14. The fraction of sp³-hybridized carbons (Fsp3) is 0.938. The highest BCUT2D eigenvalue weighted by Gasteiger charge is 2.33. The van der Waals surface area contributed by atoms with E-state index in [1.807, 2.05) is 13.8 Å². The molecule has 0 fully saturated rings. The molecule has 0 aliphatic carbocycles. The minimum atomic E-state index is -0.638. The second-order valence-corrected chi connectivity index (χ2v) is 6.93. The van der Waals surface area contributed by atoms with E-state index < -0.39 is 5.60 Å². The lowest BCUT2D eigenvalue weighted by molar-refractivity contribution is -0.145. The predicted octanol–water partition coefficient (Wildman–Crippen LogP) is 4.61. The van der Waals surface area contributed by atoms with Gasteiger partial charge in [-0.3, -0.25) is 4.79 Å². The third kappa shape index (κ3) is 6.53. The van der Waals surface area contributed by atoms with Crippen LogP contribution in [0.4, 0.5) is 0 Å². The van der Waals surface area contributed by atoms with Crippen LogP contribution < -0.4 is 0 Å². The molecule has 0 bridgehead atoms. The normalized spacial score (nSPS) is 14.6. The Morgan fingerprint density at radius 3 is 2.06 bits per heavy atom. The number of ether oxygens (including phenoxy) is 1. The summed E-state index contributed by atoms with van der Waals surface area (Å²) < 4.78 is 5.85. The van der Waals surface area contributed by atoms with Gasteiger partial charge in [0, 0.05) is 12.5 Å². The van der Waals surface area contributed by atoms with Gasteiger partial charge < -0.3 is 4.74 Å². The van der Waals surface area contributed by atoms with E-state index in [0.29, 0.717) is 6.61 Å². The van der Waals surface area contributed by atoms with Gasteiger partial charge in [-0.1, -0.05) is 41.0 Å². The van der Waals surface area contributed by atoms with Crippen LogP contribution in [0.25, 0.3) is 0 Å². The van der Waals surface area contributed by atoms with Crippen LogP contribution in [-0.2, 0) is 9.53 Å². The number of carbonyl (C=O) groups is 1. The van der Waals surface area contributed by atoms with Gasteiger partial charge in [0.25, 0.3) is 0 Å². The predicted molar refractivity (Wildman–Crippen MR) is 77.8 cm³/mol. The lowest BCUT2D eigenvalue weighted by Gasteiger charge is -2.29. The maximum Gasteiger partial charge on any atom is 0.167 e. The lowest BCUT2D eigenvalue weighted by atomic mass is 9.86. The van der Waals surface area contributed by atoms with Gasteiger partial charge in [0.1, 0.15) is 5.60 Å². The molecule has 1 atom stereocenters. The molecule has 0 amide bonds. The molecule has 0 radical (unpaired) electrons. The van der Waals surface area contributed by atoms with Crippen LogP contribution in [-0.4, -0.2) is 18.0 Å². The first-order valence-electron chi connectivity index (χ1n) is 7.32. The van der Waals surface area contributed by atoms with Crippen molar-refractivity contribution in [2.24, 2.45) is 11.3 Å². The zero-order valence-corrected chi connectivity index (χ0v) is 13.4. The number of Topliss-reactive ketones (excluding diaryl/α,β-unsaturated/α-hetero) is 1. The van der Waals surface area contributed by atoms with Crippen molar-refractivity contribution < 1.29 is 9.53 Å². The molecule has 0 heterocycles. The minimum absolute atomic E-state index is 0.152. The van der Waals surface area contributed by atoms with Crippen molar-refractivity contribution in [2.45, 2.75) is 79.8 Å². The van der Waals surface area contributed by atoms with Crippen LogP contribution in [0.1, 0.15) is 74.1 Å². The van der Waals surface area contributed by atoms with Gasteiger partial charge in [-0.2, -0.15) is 0 Å². The Morgan fingerprint density at radius 1 is 1.11 bits per heavy atom. The smallest absolute Gasteiger partial charge is 0.167 e. The van der Waals surface area contributed by atoms with Gasteiger partial charge in [0.05, 0.1) is 0 Å². The van der Waals surface area contributed by atoms with E-state index in [1.54, 1.807) is 0 Å². The molecule has 18 heavy (non-hydrogen) atoms. The highest BCUT2D eigenvalue weighted by atomic mass is 16.5. The van der Waals surface area contributed by atoms with Crippen molar-refractivity contribution in [3.05, 3.63) is 0 Å². The topological polar surface area (TPSA) is 26.3 Å². The average Bonchev–Trinajstić information content (AvgIpc) is 2.22. The Labute approximate surface area is 113 Å². The van der Waals surface area contributed by atoms with Crippen LogP contribution >= 0.6 is 0 Å². The van der Waals surface area contributed by atoms with Crippen molar-refractivity contribution in [3.8, 4) is 0 Å². The molecule has 2 heteroatoms. The molecule has 0 aliphatic rings. The Morgan fingerprint density at radius 2 is 1.67 bits per heavy atom. The summed E-state index contributed by atoms with van der Waals surface area (Å²) in [4.78, 5) is 12.4. The quantitative estimate of drug-likeness (QED) is 0.633. The fourth-order valence-electron chi connectivity index (χ4n) is 2.04. The van der Waals surface area contributed by atoms with Crippen molar-refractivity contribution in [1.82, 2.24) is 0 Å². The minimum Gasteiger partial charge on any atom is -0.368 e. The van der Waals surface area contributed by atoms with Gasteiger partial charge in [-0.05, 0) is 38.5 Å². The molecular weight excluding hydrogens is 224 g/mol. The van der Waals surface area contributed by atoms with E-state index in [-0.39, 0.29) is 17.1 Å². The summed E-state index contributed by atoms with van der Waals surface area (Å²) in [7, 11) is 0. The third-order valence-corrected chi connectivity index (χ3v) is 3.41. The largest absolute Gasteiger partial charge is 0.368 e. The van der Waals surface area contributed by atoms with Crippen molar-refractivity contribution in [3.63, 3.8) is 0 Å². The summed E-state index contributed by atoms with van der Waals surface area (Å²) in [5.74, 6) is 0.417. The fourth-order valence-corrected chi connectivity index (χ4v) is 2.04. The van der Waals surface area contributed by atoms with Crippen molar-refractivity contribution in [1.29, 1.82) is 0 Å². The highest BCUT2D eigenvalue weighted by molar-refractivity contribution is 5.88. The van der Waals surface area contributed by atoms with Crippen LogP contribution in [0.5, 0.6) is 0 Å². The molecule has 0 saturated heterocycles. The lowest BCUT2D eigenvalue weighted by Crippen LogP contribution is -2.40. The van der Waals surface area contributed by atoms with Gasteiger partial charge in [-0.25, -0.2) is 0 Å². The standard InChI is InChI=1S/C16H32O2/c1-8-10-13(9-2)14(17)16(6,7)18-12-11-15(3,4)5/h13H,8-12H2,1-7H3. The van der Waals surface area contributed by atoms with E-state index in [9.17, 15) is 4.79 Å². The van der Waals surface area contributed by atoms with Gasteiger partial charge in [-0.15, -0.1) is 0 Å². The first-order valence-corrected chi connectivity index (χ1v) is 7.32. The molecule has 0 rings (SSSR count). The number of carbonyl (C=O) groups excluding carboxylic acids is 1. The van der Waals surface area contributed by atoms with E-state index in [1.165, 1.54) is 0 Å². The Hall–Kier alpha value is -0.370. The molecule has 0 spiro atoms. The van der Waals surface area contributed by atoms with Gasteiger partial charge in [0.2, 0.25) is 0 Å². The molecule has 0 aromatic heterocycles.